The third-order valence-corrected chi connectivity index (χ3v) is 3.21. The fraction of sp³-hybridized carbons (Fsp3) is 0.533. The van der Waals surface area contributed by atoms with Crippen molar-refractivity contribution in [2.45, 2.75) is 27.2 Å². The minimum Gasteiger partial charge on any atom is -0.325 e. The summed E-state index contributed by atoms with van der Waals surface area (Å²) in [5.74, 6) is 0.650. The van der Waals surface area contributed by atoms with Gasteiger partial charge in [0.15, 0.2) is 0 Å². The number of halogens is 1. The average molecular weight is 283 g/mol. The van der Waals surface area contributed by atoms with Crippen LogP contribution in [0.3, 0.4) is 0 Å². The van der Waals surface area contributed by atoms with Gasteiger partial charge in [0.1, 0.15) is 0 Å². The second kappa shape index (κ2) is 7.51. The molecule has 0 saturated heterocycles. The van der Waals surface area contributed by atoms with Crippen LogP contribution >= 0.6 is 11.6 Å². The number of carbonyl (C=O) groups excluding carboxylic acids is 1. The largest absolute Gasteiger partial charge is 0.325 e. The fourth-order valence-corrected chi connectivity index (χ4v) is 1.89. The predicted molar refractivity (Wildman–Crippen MR) is 81.8 cm³/mol. The van der Waals surface area contributed by atoms with E-state index in [9.17, 15) is 4.79 Å². The Balaban J connectivity index is 2.48. The molecule has 4 heteroatoms. The number of hydrogen-bond donors (Lipinski definition) is 1. The van der Waals surface area contributed by atoms with E-state index < -0.39 is 0 Å². The molecule has 0 saturated carbocycles. The zero-order chi connectivity index (χ0) is 14.4. The first-order valence-electron chi connectivity index (χ1n) is 6.63. The van der Waals surface area contributed by atoms with Crippen molar-refractivity contribution in [2.75, 3.05) is 25.5 Å². The van der Waals surface area contributed by atoms with Crippen LogP contribution in [0.15, 0.2) is 18.2 Å². The third-order valence-electron chi connectivity index (χ3n) is 2.98. The Morgan fingerprint density at radius 2 is 2.11 bits per heavy atom. The number of likely N-dealkylation sites (N-methyl/N-ethyl adjacent to an activating group) is 1. The number of hydrogen-bond acceptors (Lipinski definition) is 2. The average Bonchev–Trinajstić information content (AvgIpc) is 2.31. The summed E-state index contributed by atoms with van der Waals surface area (Å²) in [5.41, 5.74) is 1.80. The summed E-state index contributed by atoms with van der Waals surface area (Å²) in [6, 6.07) is 5.50. The summed E-state index contributed by atoms with van der Waals surface area (Å²) in [4.78, 5) is 14.0. The minimum absolute atomic E-state index is 0.00313. The number of aryl methyl sites for hydroxylation is 1. The lowest BCUT2D eigenvalue weighted by Gasteiger charge is -2.17. The molecule has 0 radical (unpaired) electrons. The van der Waals surface area contributed by atoms with Gasteiger partial charge in [0.25, 0.3) is 0 Å². The minimum atomic E-state index is -0.00313. The highest BCUT2D eigenvalue weighted by atomic mass is 35.5. The van der Waals surface area contributed by atoms with Crippen LogP contribution < -0.4 is 5.32 Å². The van der Waals surface area contributed by atoms with Crippen LogP contribution in [0.25, 0.3) is 0 Å². The number of nitrogens with zero attached hydrogens (tertiary/aromatic N) is 1. The SMILES string of the molecule is Cc1ccc(Cl)cc1NC(=O)CN(C)CCC(C)C. The van der Waals surface area contributed by atoms with Gasteiger partial charge in [0, 0.05) is 10.7 Å². The molecular weight excluding hydrogens is 260 g/mol. The number of amides is 1. The third kappa shape index (κ3) is 6.08. The van der Waals surface area contributed by atoms with Gasteiger partial charge in [-0.25, -0.2) is 0 Å². The quantitative estimate of drug-likeness (QED) is 0.865. The lowest BCUT2D eigenvalue weighted by molar-refractivity contribution is -0.117. The second-order valence-corrected chi connectivity index (χ2v) is 5.86. The van der Waals surface area contributed by atoms with Gasteiger partial charge in [-0.1, -0.05) is 31.5 Å². The molecule has 0 aliphatic heterocycles. The molecule has 0 heterocycles. The Kier molecular flexibility index (Phi) is 6.32. The second-order valence-electron chi connectivity index (χ2n) is 5.43. The summed E-state index contributed by atoms with van der Waals surface area (Å²) >= 11 is 5.93. The van der Waals surface area contributed by atoms with Crippen LogP contribution in [0.4, 0.5) is 5.69 Å². The Hall–Kier alpha value is -1.06. The van der Waals surface area contributed by atoms with Gasteiger partial charge in [-0.05, 0) is 50.6 Å². The maximum absolute atomic E-state index is 11.9. The van der Waals surface area contributed by atoms with E-state index in [-0.39, 0.29) is 5.91 Å². The van der Waals surface area contributed by atoms with Gasteiger partial charge in [-0.3, -0.25) is 9.69 Å². The van der Waals surface area contributed by atoms with E-state index in [2.05, 4.69) is 19.2 Å². The van der Waals surface area contributed by atoms with Gasteiger partial charge >= 0.3 is 0 Å². The van der Waals surface area contributed by atoms with Crippen molar-refractivity contribution in [3.63, 3.8) is 0 Å². The molecule has 0 fully saturated rings. The lowest BCUT2D eigenvalue weighted by Crippen LogP contribution is -2.31. The van der Waals surface area contributed by atoms with E-state index in [1.807, 2.05) is 31.0 Å². The summed E-state index contributed by atoms with van der Waals surface area (Å²) in [5, 5.41) is 3.54. The first kappa shape index (κ1) is 16.0. The van der Waals surface area contributed by atoms with Crippen molar-refractivity contribution in [3.05, 3.63) is 28.8 Å². The highest BCUT2D eigenvalue weighted by Gasteiger charge is 2.09. The van der Waals surface area contributed by atoms with Crippen LogP contribution in [0.1, 0.15) is 25.8 Å². The molecule has 1 amide bonds. The lowest BCUT2D eigenvalue weighted by atomic mass is 10.1. The molecule has 0 aromatic heterocycles. The summed E-state index contributed by atoms with van der Waals surface area (Å²) in [6.45, 7) is 7.65. The first-order chi connectivity index (χ1) is 8.88. The van der Waals surface area contributed by atoms with Crippen LogP contribution in [-0.2, 0) is 4.79 Å². The van der Waals surface area contributed by atoms with Gasteiger partial charge in [-0.15, -0.1) is 0 Å². The number of nitrogens with one attached hydrogen (secondary N) is 1. The van der Waals surface area contributed by atoms with Crippen molar-refractivity contribution >= 4 is 23.2 Å². The van der Waals surface area contributed by atoms with Gasteiger partial charge < -0.3 is 5.32 Å². The predicted octanol–water partition coefficient (Wildman–Crippen LogP) is 3.56. The summed E-state index contributed by atoms with van der Waals surface area (Å²) < 4.78 is 0. The van der Waals surface area contributed by atoms with Crippen molar-refractivity contribution in [3.8, 4) is 0 Å². The normalized spacial score (nSPS) is 11.1. The smallest absolute Gasteiger partial charge is 0.238 e. The van der Waals surface area contributed by atoms with E-state index in [1.165, 1.54) is 0 Å². The summed E-state index contributed by atoms with van der Waals surface area (Å²) in [7, 11) is 1.97. The van der Waals surface area contributed by atoms with Gasteiger partial charge in [-0.2, -0.15) is 0 Å². The van der Waals surface area contributed by atoms with Crippen LogP contribution in [-0.4, -0.2) is 30.9 Å². The topological polar surface area (TPSA) is 32.3 Å². The molecule has 1 N–H and O–H groups in total. The van der Waals surface area contributed by atoms with E-state index >= 15 is 0 Å². The van der Waals surface area contributed by atoms with E-state index in [0.29, 0.717) is 17.5 Å². The maximum atomic E-state index is 11.9. The Morgan fingerprint density at radius 3 is 2.74 bits per heavy atom. The van der Waals surface area contributed by atoms with Crippen molar-refractivity contribution in [1.82, 2.24) is 4.90 Å². The molecule has 1 rings (SSSR count). The molecule has 0 spiro atoms. The summed E-state index contributed by atoms with van der Waals surface area (Å²) in [6.07, 6.45) is 1.10. The molecule has 1 aromatic rings. The maximum Gasteiger partial charge on any atom is 0.238 e. The van der Waals surface area contributed by atoms with Gasteiger partial charge in [0.2, 0.25) is 5.91 Å². The Labute approximate surface area is 120 Å². The molecule has 0 unspecified atom stereocenters. The molecule has 0 aliphatic carbocycles. The van der Waals surface area contributed by atoms with E-state index in [0.717, 1.165) is 24.2 Å². The standard InChI is InChI=1S/C15H23ClN2O/c1-11(2)7-8-18(4)10-15(19)17-14-9-13(16)6-5-12(14)3/h5-6,9,11H,7-8,10H2,1-4H3,(H,17,19). The first-order valence-corrected chi connectivity index (χ1v) is 7.01. The molecule has 1 aromatic carbocycles. The number of carbonyl (C=O) groups is 1. The number of rotatable bonds is 6. The van der Waals surface area contributed by atoms with E-state index in [1.54, 1.807) is 6.07 Å². The highest BCUT2D eigenvalue weighted by molar-refractivity contribution is 6.31. The molecule has 0 aliphatic rings. The number of anilines is 1. The van der Waals surface area contributed by atoms with E-state index in [4.69, 9.17) is 11.6 Å². The van der Waals surface area contributed by atoms with Gasteiger partial charge in [0.05, 0.1) is 6.54 Å². The number of benzene rings is 1. The van der Waals surface area contributed by atoms with Crippen molar-refractivity contribution in [2.24, 2.45) is 5.92 Å². The molecule has 0 atom stereocenters. The molecule has 106 valence electrons. The molecular formula is C15H23ClN2O. The van der Waals surface area contributed by atoms with Crippen LogP contribution in [0.5, 0.6) is 0 Å². The zero-order valence-corrected chi connectivity index (χ0v) is 12.9. The zero-order valence-electron chi connectivity index (χ0n) is 12.2. The molecule has 0 bridgehead atoms. The molecule has 19 heavy (non-hydrogen) atoms. The van der Waals surface area contributed by atoms with Crippen LogP contribution in [0.2, 0.25) is 5.02 Å². The van der Waals surface area contributed by atoms with Crippen LogP contribution in [0, 0.1) is 12.8 Å². The Morgan fingerprint density at radius 1 is 1.42 bits per heavy atom. The molecule has 3 nitrogen and oxygen atoms in total. The fourth-order valence-electron chi connectivity index (χ4n) is 1.72. The highest BCUT2D eigenvalue weighted by Crippen LogP contribution is 2.20. The Bertz CT molecular complexity index is 432. The van der Waals surface area contributed by atoms with Crippen molar-refractivity contribution < 1.29 is 4.79 Å². The van der Waals surface area contributed by atoms with Crippen molar-refractivity contribution in [1.29, 1.82) is 0 Å². The monoisotopic (exact) mass is 282 g/mol.